The van der Waals surface area contributed by atoms with Crippen LogP contribution < -0.4 is 5.32 Å². The molecule has 118 valence electrons. The third-order valence-electron chi connectivity index (χ3n) is 4.87. The van der Waals surface area contributed by atoms with Crippen molar-refractivity contribution in [3.8, 4) is 0 Å². The lowest BCUT2D eigenvalue weighted by molar-refractivity contribution is 0.178. The standard InChI is InChI=1S/C18H29FN2/c1-4-21(13-15-6-5-7-15)11-10-18(20-3)16-9-8-14(2)17(19)12-16/h8-9,12,15,18,20H,4-7,10-11,13H2,1-3H3. The van der Waals surface area contributed by atoms with Crippen LogP contribution in [-0.4, -0.2) is 31.6 Å². The second-order valence-electron chi connectivity index (χ2n) is 6.33. The maximum absolute atomic E-state index is 13.7. The number of aryl methyl sites for hydroxylation is 1. The zero-order chi connectivity index (χ0) is 15.2. The van der Waals surface area contributed by atoms with Gasteiger partial charge in [0.15, 0.2) is 0 Å². The number of hydrogen-bond acceptors (Lipinski definition) is 2. The highest BCUT2D eigenvalue weighted by molar-refractivity contribution is 5.25. The number of benzene rings is 1. The normalized spacial score (nSPS) is 17.0. The second kappa shape index (κ2) is 7.90. The Morgan fingerprint density at radius 1 is 1.38 bits per heavy atom. The molecule has 3 heteroatoms. The van der Waals surface area contributed by atoms with Crippen LogP contribution in [0.5, 0.6) is 0 Å². The molecule has 1 fully saturated rings. The molecule has 1 aromatic carbocycles. The quantitative estimate of drug-likeness (QED) is 0.781. The molecule has 1 aliphatic carbocycles. The predicted molar refractivity (Wildman–Crippen MR) is 87.0 cm³/mol. The van der Waals surface area contributed by atoms with E-state index in [-0.39, 0.29) is 11.9 Å². The molecule has 2 rings (SSSR count). The first-order valence-electron chi connectivity index (χ1n) is 8.29. The Balaban J connectivity index is 1.89. The molecule has 0 radical (unpaired) electrons. The van der Waals surface area contributed by atoms with Crippen LogP contribution in [0.4, 0.5) is 4.39 Å². The summed E-state index contributed by atoms with van der Waals surface area (Å²) in [6.45, 7) is 7.46. The summed E-state index contributed by atoms with van der Waals surface area (Å²) in [6.07, 6.45) is 5.23. The third kappa shape index (κ3) is 4.52. The molecule has 0 aliphatic heterocycles. The largest absolute Gasteiger partial charge is 0.313 e. The molecule has 0 heterocycles. The van der Waals surface area contributed by atoms with Gasteiger partial charge >= 0.3 is 0 Å². The van der Waals surface area contributed by atoms with Crippen LogP contribution in [0.3, 0.4) is 0 Å². The van der Waals surface area contributed by atoms with E-state index in [1.165, 1.54) is 25.8 Å². The topological polar surface area (TPSA) is 15.3 Å². The van der Waals surface area contributed by atoms with Gasteiger partial charge in [-0.3, -0.25) is 0 Å². The highest BCUT2D eigenvalue weighted by atomic mass is 19.1. The van der Waals surface area contributed by atoms with Crippen molar-refractivity contribution in [3.63, 3.8) is 0 Å². The minimum Gasteiger partial charge on any atom is -0.313 e. The summed E-state index contributed by atoms with van der Waals surface area (Å²) >= 11 is 0. The second-order valence-corrected chi connectivity index (χ2v) is 6.33. The molecule has 0 saturated heterocycles. The summed E-state index contributed by atoms with van der Waals surface area (Å²) in [5, 5.41) is 3.33. The highest BCUT2D eigenvalue weighted by Crippen LogP contribution is 2.27. The summed E-state index contributed by atoms with van der Waals surface area (Å²) in [5.41, 5.74) is 1.77. The van der Waals surface area contributed by atoms with E-state index in [4.69, 9.17) is 0 Å². The predicted octanol–water partition coefficient (Wildman–Crippen LogP) is 3.91. The van der Waals surface area contributed by atoms with E-state index in [0.717, 1.165) is 31.0 Å². The lowest BCUT2D eigenvalue weighted by Crippen LogP contribution is -2.34. The van der Waals surface area contributed by atoms with Crippen LogP contribution in [0.1, 0.15) is 49.8 Å². The van der Waals surface area contributed by atoms with E-state index in [9.17, 15) is 4.39 Å². The summed E-state index contributed by atoms with van der Waals surface area (Å²) in [5.74, 6) is 0.810. The van der Waals surface area contributed by atoms with Crippen molar-refractivity contribution < 1.29 is 4.39 Å². The first-order valence-corrected chi connectivity index (χ1v) is 8.29. The van der Waals surface area contributed by atoms with Crippen molar-refractivity contribution in [1.29, 1.82) is 0 Å². The number of halogens is 1. The highest BCUT2D eigenvalue weighted by Gasteiger charge is 2.20. The van der Waals surface area contributed by atoms with Gasteiger partial charge in [0.2, 0.25) is 0 Å². The van der Waals surface area contributed by atoms with Crippen molar-refractivity contribution in [1.82, 2.24) is 10.2 Å². The number of nitrogens with zero attached hydrogens (tertiary/aromatic N) is 1. The summed E-state index contributed by atoms with van der Waals surface area (Å²) in [6, 6.07) is 5.83. The first kappa shape index (κ1) is 16.4. The van der Waals surface area contributed by atoms with Gasteiger partial charge in [-0.15, -0.1) is 0 Å². The van der Waals surface area contributed by atoms with Crippen LogP contribution in [0, 0.1) is 18.7 Å². The molecule has 0 bridgehead atoms. The lowest BCUT2D eigenvalue weighted by atomic mass is 9.85. The van der Waals surface area contributed by atoms with E-state index in [0.29, 0.717) is 5.56 Å². The molecule has 1 unspecified atom stereocenters. The van der Waals surface area contributed by atoms with E-state index < -0.39 is 0 Å². The Morgan fingerprint density at radius 2 is 2.14 bits per heavy atom. The van der Waals surface area contributed by atoms with Crippen molar-refractivity contribution in [2.45, 2.75) is 45.6 Å². The molecule has 1 atom stereocenters. The van der Waals surface area contributed by atoms with Crippen LogP contribution >= 0.6 is 0 Å². The minimum atomic E-state index is -0.102. The van der Waals surface area contributed by atoms with Crippen LogP contribution in [-0.2, 0) is 0 Å². The minimum absolute atomic E-state index is 0.102. The molecule has 0 spiro atoms. The van der Waals surface area contributed by atoms with Gasteiger partial charge in [-0.1, -0.05) is 25.5 Å². The molecular weight excluding hydrogens is 263 g/mol. The third-order valence-corrected chi connectivity index (χ3v) is 4.87. The molecule has 2 nitrogen and oxygen atoms in total. The molecule has 21 heavy (non-hydrogen) atoms. The van der Waals surface area contributed by atoms with Crippen molar-refractivity contribution in [2.24, 2.45) is 5.92 Å². The molecule has 1 N–H and O–H groups in total. The maximum atomic E-state index is 13.7. The molecule has 1 saturated carbocycles. The van der Waals surface area contributed by atoms with Gasteiger partial charge in [0, 0.05) is 12.6 Å². The van der Waals surface area contributed by atoms with Gasteiger partial charge in [0.1, 0.15) is 5.82 Å². The van der Waals surface area contributed by atoms with Crippen molar-refractivity contribution in [2.75, 3.05) is 26.7 Å². The van der Waals surface area contributed by atoms with Crippen molar-refractivity contribution >= 4 is 0 Å². The van der Waals surface area contributed by atoms with Gasteiger partial charge in [-0.2, -0.15) is 0 Å². The van der Waals surface area contributed by atoms with Gasteiger partial charge in [-0.05, 0) is 69.4 Å². The SMILES string of the molecule is CCN(CCC(NC)c1ccc(C)c(F)c1)CC1CCC1. The summed E-state index contributed by atoms with van der Waals surface area (Å²) in [7, 11) is 1.96. The van der Waals surface area contributed by atoms with E-state index >= 15 is 0 Å². The molecule has 0 aromatic heterocycles. The van der Waals surface area contributed by atoms with Gasteiger partial charge in [-0.25, -0.2) is 4.39 Å². The maximum Gasteiger partial charge on any atom is 0.126 e. The zero-order valence-electron chi connectivity index (χ0n) is 13.7. The monoisotopic (exact) mass is 292 g/mol. The van der Waals surface area contributed by atoms with Gasteiger partial charge < -0.3 is 10.2 Å². The Morgan fingerprint density at radius 3 is 2.67 bits per heavy atom. The van der Waals surface area contributed by atoms with E-state index in [1.807, 2.05) is 26.1 Å². The van der Waals surface area contributed by atoms with Gasteiger partial charge in [0.25, 0.3) is 0 Å². The fourth-order valence-electron chi connectivity index (χ4n) is 3.03. The van der Waals surface area contributed by atoms with Crippen LogP contribution in [0.15, 0.2) is 18.2 Å². The van der Waals surface area contributed by atoms with E-state index in [2.05, 4.69) is 17.1 Å². The molecular formula is C18H29FN2. The average molecular weight is 292 g/mol. The number of rotatable bonds is 8. The number of nitrogens with one attached hydrogen (secondary N) is 1. The smallest absolute Gasteiger partial charge is 0.126 e. The Bertz CT molecular complexity index is 443. The number of hydrogen-bond donors (Lipinski definition) is 1. The van der Waals surface area contributed by atoms with Crippen LogP contribution in [0.25, 0.3) is 0 Å². The fraction of sp³-hybridized carbons (Fsp3) is 0.667. The Kier molecular flexibility index (Phi) is 6.19. The lowest BCUT2D eigenvalue weighted by Gasteiger charge is -2.32. The zero-order valence-corrected chi connectivity index (χ0v) is 13.7. The molecule has 1 aromatic rings. The first-order chi connectivity index (χ1) is 10.1. The summed E-state index contributed by atoms with van der Waals surface area (Å²) in [4.78, 5) is 2.54. The summed E-state index contributed by atoms with van der Waals surface area (Å²) < 4.78 is 13.7. The Labute approximate surface area is 128 Å². The fourth-order valence-corrected chi connectivity index (χ4v) is 3.03. The van der Waals surface area contributed by atoms with E-state index in [1.54, 1.807) is 6.07 Å². The van der Waals surface area contributed by atoms with Crippen LogP contribution in [0.2, 0.25) is 0 Å². The molecule has 0 amide bonds. The Hall–Kier alpha value is -0.930. The van der Waals surface area contributed by atoms with Crippen molar-refractivity contribution in [3.05, 3.63) is 35.1 Å². The average Bonchev–Trinajstić information content (AvgIpc) is 2.44. The molecule has 1 aliphatic rings. The van der Waals surface area contributed by atoms with Gasteiger partial charge in [0.05, 0.1) is 0 Å².